The van der Waals surface area contributed by atoms with E-state index in [1.807, 2.05) is 22.7 Å². The summed E-state index contributed by atoms with van der Waals surface area (Å²) in [4.78, 5) is 2.34. The highest BCUT2D eigenvalue weighted by Gasteiger charge is 2.17. The normalized spacial score (nSPS) is 11.7. The van der Waals surface area contributed by atoms with Gasteiger partial charge in [-0.2, -0.15) is 0 Å². The molecular weight excluding hydrogens is 559 g/mol. The first kappa shape index (κ1) is 24.6. The van der Waals surface area contributed by atoms with Crippen molar-refractivity contribution in [3.05, 3.63) is 152 Å². The van der Waals surface area contributed by atoms with Gasteiger partial charge in [0.15, 0.2) is 0 Å². The van der Waals surface area contributed by atoms with Crippen molar-refractivity contribution in [3.8, 4) is 11.1 Å². The molecule has 0 fully saturated rings. The van der Waals surface area contributed by atoms with Crippen molar-refractivity contribution >= 4 is 90.9 Å². The zero-order valence-corrected chi connectivity index (χ0v) is 24.8. The average molecular weight is 584 g/mol. The molecule has 0 atom stereocenters. The van der Waals surface area contributed by atoms with Crippen LogP contribution in [0.5, 0.6) is 0 Å². The second-order valence-electron chi connectivity index (χ2n) is 10.9. The zero-order valence-electron chi connectivity index (χ0n) is 23.2. The maximum absolute atomic E-state index is 2.42. The Hall–Kier alpha value is -4.96. The fraction of sp³-hybridized carbons (Fsp3) is 0. The summed E-state index contributed by atoms with van der Waals surface area (Å²) < 4.78 is 5.32. The second-order valence-corrected chi connectivity index (χ2v) is 13.1. The third-order valence-electron chi connectivity index (χ3n) is 8.42. The molecule has 0 N–H and O–H groups in total. The smallest absolute Gasteiger partial charge is 0.0468 e. The molecule has 0 saturated carbocycles. The van der Waals surface area contributed by atoms with E-state index in [0.717, 1.165) is 17.1 Å². The van der Waals surface area contributed by atoms with Crippen LogP contribution in [-0.4, -0.2) is 0 Å². The Kier molecular flexibility index (Phi) is 5.62. The molecule has 0 aliphatic carbocycles. The van der Waals surface area contributed by atoms with Crippen molar-refractivity contribution in [1.29, 1.82) is 0 Å². The first-order valence-corrected chi connectivity index (χ1v) is 16.1. The Morgan fingerprint density at radius 2 is 1.00 bits per heavy atom. The standard InChI is InChI=1S/C40H25NS2/c1-3-12-28(13-4-1)41(29-14-5-2-6-15-29)30-20-22-38-35(25-30)34-24-27(19-21-37(34)42-38)33-23-26-11-7-8-16-31(26)39-32-17-9-10-18-36(32)43-40(33)39/h1-25H. The molecule has 7 aromatic carbocycles. The monoisotopic (exact) mass is 583 g/mol. The van der Waals surface area contributed by atoms with Crippen molar-refractivity contribution in [3.63, 3.8) is 0 Å². The number of rotatable bonds is 4. The lowest BCUT2D eigenvalue weighted by atomic mass is 9.96. The Balaban J connectivity index is 1.28. The highest BCUT2D eigenvalue weighted by Crippen LogP contribution is 2.46. The van der Waals surface area contributed by atoms with Gasteiger partial charge in [0, 0.05) is 63.0 Å². The summed E-state index contributed by atoms with van der Waals surface area (Å²) in [6, 6.07) is 55.3. The van der Waals surface area contributed by atoms with E-state index in [2.05, 4.69) is 157 Å². The molecule has 9 aromatic rings. The molecule has 0 saturated heterocycles. The molecule has 0 spiro atoms. The maximum Gasteiger partial charge on any atom is 0.0468 e. The van der Waals surface area contributed by atoms with E-state index >= 15 is 0 Å². The summed E-state index contributed by atoms with van der Waals surface area (Å²) in [6.07, 6.45) is 0. The molecule has 0 aliphatic heterocycles. The van der Waals surface area contributed by atoms with Gasteiger partial charge in [-0.15, -0.1) is 22.7 Å². The molecule has 2 heterocycles. The molecule has 202 valence electrons. The maximum atomic E-state index is 2.42. The molecule has 3 heteroatoms. The third kappa shape index (κ3) is 3.97. The van der Waals surface area contributed by atoms with E-state index in [4.69, 9.17) is 0 Å². The van der Waals surface area contributed by atoms with Crippen LogP contribution in [0, 0.1) is 0 Å². The molecule has 0 unspecified atom stereocenters. The molecule has 2 aromatic heterocycles. The lowest BCUT2D eigenvalue weighted by Gasteiger charge is -2.25. The molecular formula is C40H25NS2. The van der Waals surface area contributed by atoms with Crippen LogP contribution in [0.4, 0.5) is 17.1 Å². The van der Waals surface area contributed by atoms with E-state index in [9.17, 15) is 0 Å². The second kappa shape index (κ2) is 9.81. The molecule has 0 bridgehead atoms. The van der Waals surface area contributed by atoms with Crippen molar-refractivity contribution in [2.75, 3.05) is 4.90 Å². The van der Waals surface area contributed by atoms with Crippen LogP contribution in [0.2, 0.25) is 0 Å². The lowest BCUT2D eigenvalue weighted by Crippen LogP contribution is -2.09. The van der Waals surface area contributed by atoms with Crippen molar-refractivity contribution in [2.45, 2.75) is 0 Å². The van der Waals surface area contributed by atoms with Crippen LogP contribution in [0.15, 0.2) is 152 Å². The van der Waals surface area contributed by atoms with Gasteiger partial charge in [0.25, 0.3) is 0 Å². The number of anilines is 3. The Morgan fingerprint density at radius 1 is 0.395 bits per heavy atom. The Labute approximate surface area is 257 Å². The largest absolute Gasteiger partial charge is 0.310 e. The molecule has 9 rings (SSSR count). The van der Waals surface area contributed by atoms with Crippen molar-refractivity contribution in [1.82, 2.24) is 0 Å². The fourth-order valence-electron chi connectivity index (χ4n) is 6.46. The number of thiophene rings is 2. The number of para-hydroxylation sites is 2. The number of hydrogen-bond acceptors (Lipinski definition) is 3. The first-order valence-electron chi connectivity index (χ1n) is 14.5. The van der Waals surface area contributed by atoms with E-state index < -0.39 is 0 Å². The summed E-state index contributed by atoms with van der Waals surface area (Å²) in [7, 11) is 0. The zero-order chi connectivity index (χ0) is 28.3. The van der Waals surface area contributed by atoms with Gasteiger partial charge in [0.1, 0.15) is 0 Å². The molecule has 43 heavy (non-hydrogen) atoms. The van der Waals surface area contributed by atoms with Crippen molar-refractivity contribution < 1.29 is 0 Å². The van der Waals surface area contributed by atoms with Gasteiger partial charge in [-0.3, -0.25) is 0 Å². The SMILES string of the molecule is c1ccc(N(c2ccccc2)c2ccc3sc4ccc(-c5cc6ccccc6c6c5sc5ccccc56)cc4c3c2)cc1. The lowest BCUT2D eigenvalue weighted by molar-refractivity contribution is 1.29. The molecule has 1 nitrogen and oxygen atoms in total. The van der Waals surface area contributed by atoms with Crippen molar-refractivity contribution in [2.24, 2.45) is 0 Å². The van der Waals surface area contributed by atoms with Gasteiger partial charge in [-0.25, -0.2) is 0 Å². The van der Waals surface area contributed by atoms with E-state index in [-0.39, 0.29) is 0 Å². The average Bonchev–Trinajstić information content (AvgIpc) is 3.64. The van der Waals surface area contributed by atoms with Gasteiger partial charge in [-0.05, 0) is 83.1 Å². The predicted octanol–water partition coefficient (Wildman–Crippen LogP) is 12.7. The van der Waals surface area contributed by atoms with Gasteiger partial charge < -0.3 is 4.90 Å². The number of fused-ring (bicyclic) bond motifs is 8. The van der Waals surface area contributed by atoms with Crippen LogP contribution in [0.25, 0.3) is 62.2 Å². The highest BCUT2D eigenvalue weighted by molar-refractivity contribution is 7.26. The minimum absolute atomic E-state index is 1.15. The molecule has 0 aliphatic rings. The van der Waals surface area contributed by atoms with E-state index in [0.29, 0.717) is 0 Å². The summed E-state index contributed by atoms with van der Waals surface area (Å²) in [5.41, 5.74) is 6.03. The van der Waals surface area contributed by atoms with Crippen LogP contribution in [0.1, 0.15) is 0 Å². The van der Waals surface area contributed by atoms with Crippen LogP contribution in [0.3, 0.4) is 0 Å². The number of benzene rings is 7. The summed E-state index contributed by atoms with van der Waals surface area (Å²) in [5, 5.41) is 7.93. The van der Waals surface area contributed by atoms with Crippen LogP contribution < -0.4 is 4.90 Å². The minimum atomic E-state index is 1.15. The predicted molar refractivity (Wildman–Crippen MR) is 190 cm³/mol. The Bertz CT molecular complexity index is 2410. The highest BCUT2D eigenvalue weighted by atomic mass is 32.1. The van der Waals surface area contributed by atoms with Gasteiger partial charge >= 0.3 is 0 Å². The van der Waals surface area contributed by atoms with Gasteiger partial charge in [0.05, 0.1) is 0 Å². The van der Waals surface area contributed by atoms with Gasteiger partial charge in [-0.1, -0.05) is 84.9 Å². The molecule has 0 radical (unpaired) electrons. The van der Waals surface area contributed by atoms with Crippen LogP contribution >= 0.6 is 22.7 Å². The fourth-order valence-corrected chi connectivity index (χ4v) is 8.78. The van der Waals surface area contributed by atoms with E-state index in [1.54, 1.807) is 0 Å². The summed E-state index contributed by atoms with van der Waals surface area (Å²) in [6.45, 7) is 0. The van der Waals surface area contributed by atoms with E-state index in [1.165, 1.54) is 62.2 Å². The minimum Gasteiger partial charge on any atom is -0.310 e. The molecule has 0 amide bonds. The topological polar surface area (TPSA) is 3.24 Å². The number of hydrogen-bond donors (Lipinski definition) is 0. The van der Waals surface area contributed by atoms with Crippen LogP contribution in [-0.2, 0) is 0 Å². The van der Waals surface area contributed by atoms with Gasteiger partial charge in [0.2, 0.25) is 0 Å². The summed E-state index contributed by atoms with van der Waals surface area (Å²) >= 11 is 3.78. The third-order valence-corrected chi connectivity index (χ3v) is 10.8. The Morgan fingerprint density at radius 3 is 1.77 bits per heavy atom. The quantitative estimate of drug-likeness (QED) is 0.199. The number of nitrogens with zero attached hydrogens (tertiary/aromatic N) is 1. The first-order chi connectivity index (χ1) is 21.3. The summed E-state index contributed by atoms with van der Waals surface area (Å²) in [5.74, 6) is 0.